The van der Waals surface area contributed by atoms with Gasteiger partial charge in [0.1, 0.15) is 17.2 Å². The van der Waals surface area contributed by atoms with Crippen LogP contribution in [-0.2, 0) is 34.0 Å². The summed E-state index contributed by atoms with van der Waals surface area (Å²) >= 11 is 0. The maximum atomic E-state index is 12.6. The van der Waals surface area contributed by atoms with Crippen molar-refractivity contribution in [1.29, 1.82) is 0 Å². The first-order valence-electron chi connectivity index (χ1n) is 16.0. The molecule has 50 heavy (non-hydrogen) atoms. The number of nitrogens with one attached hydrogen (secondary N) is 1. The normalized spacial score (nSPS) is 18.1. The molecular weight excluding hydrogens is 668 g/mol. The van der Waals surface area contributed by atoms with Gasteiger partial charge in [0.25, 0.3) is 0 Å². The van der Waals surface area contributed by atoms with Crippen LogP contribution in [0, 0.1) is 0 Å². The van der Waals surface area contributed by atoms with Gasteiger partial charge in [0.05, 0.1) is 45.2 Å². The van der Waals surface area contributed by atoms with Gasteiger partial charge in [-0.3, -0.25) is 0 Å². The van der Waals surface area contributed by atoms with E-state index in [0.29, 0.717) is 56.2 Å². The molecule has 1 heterocycles. The molecule has 0 radical (unpaired) electrons. The number of rotatable bonds is 16. The summed E-state index contributed by atoms with van der Waals surface area (Å²) in [5.74, 6) is -0.237. The van der Waals surface area contributed by atoms with Crippen LogP contribution in [0.2, 0.25) is 0 Å². The van der Waals surface area contributed by atoms with Crippen LogP contribution in [0.1, 0.15) is 34.6 Å². The predicted molar refractivity (Wildman–Crippen MR) is 172 cm³/mol. The van der Waals surface area contributed by atoms with Crippen molar-refractivity contribution in [3.63, 3.8) is 0 Å². The van der Waals surface area contributed by atoms with Gasteiger partial charge < -0.3 is 33.7 Å². The topological polar surface area (TPSA) is 67.4 Å². The molecule has 1 saturated heterocycles. The molecule has 0 aromatic heterocycles. The van der Waals surface area contributed by atoms with Crippen LogP contribution >= 0.6 is 0 Å². The van der Waals surface area contributed by atoms with Crippen molar-refractivity contribution in [3.05, 3.63) is 125 Å². The third kappa shape index (κ3) is 12.2. The minimum absolute atomic E-state index is 0.121. The van der Waals surface area contributed by atoms with Crippen molar-refractivity contribution >= 4 is 0 Å². The first kappa shape index (κ1) is 37.0. The Hall–Kier alpha value is -4.30. The van der Waals surface area contributed by atoms with E-state index in [1.54, 1.807) is 0 Å². The van der Waals surface area contributed by atoms with Gasteiger partial charge in [-0.15, -0.1) is 26.3 Å². The van der Waals surface area contributed by atoms with Crippen molar-refractivity contribution in [2.75, 3.05) is 26.3 Å². The van der Waals surface area contributed by atoms with Gasteiger partial charge in [-0.05, 0) is 58.7 Å². The average molecular weight is 706 g/mol. The average Bonchev–Trinajstić information content (AvgIpc) is 3.08. The molecule has 13 heteroatoms. The van der Waals surface area contributed by atoms with Crippen LogP contribution in [0.3, 0.4) is 0 Å². The molecule has 0 unspecified atom stereocenters. The smallest absolute Gasteiger partial charge is 0.494 e. The SMILES string of the molecule is FC(F)(F)Oc1ccc(CO[C@H]2CNC[C@@H](OCc3ccc(OC(F)(F)F)cc3)[C@H]2c2ccc(OCCCOCc3ccccc3)cc2)cc1. The van der Waals surface area contributed by atoms with Gasteiger partial charge in [0.15, 0.2) is 0 Å². The fourth-order valence-electron chi connectivity index (χ4n) is 5.50. The third-order valence-electron chi connectivity index (χ3n) is 7.81. The van der Waals surface area contributed by atoms with Gasteiger partial charge in [-0.25, -0.2) is 0 Å². The van der Waals surface area contributed by atoms with E-state index in [4.69, 9.17) is 18.9 Å². The largest absolute Gasteiger partial charge is 0.573 e. The zero-order valence-electron chi connectivity index (χ0n) is 26.9. The molecule has 1 aliphatic heterocycles. The lowest BCUT2D eigenvalue weighted by molar-refractivity contribution is -0.275. The molecule has 4 aromatic carbocycles. The summed E-state index contributed by atoms with van der Waals surface area (Å²) in [5, 5.41) is 3.32. The van der Waals surface area contributed by atoms with Crippen molar-refractivity contribution in [2.24, 2.45) is 0 Å². The Kier molecular flexibility index (Phi) is 13.0. The second kappa shape index (κ2) is 17.6. The molecule has 1 aliphatic rings. The Morgan fingerprint density at radius 1 is 0.540 bits per heavy atom. The highest BCUT2D eigenvalue weighted by Crippen LogP contribution is 2.33. The van der Waals surface area contributed by atoms with E-state index in [1.807, 2.05) is 54.6 Å². The monoisotopic (exact) mass is 705 g/mol. The highest BCUT2D eigenvalue weighted by molar-refractivity contribution is 5.32. The Bertz CT molecular complexity index is 1500. The zero-order valence-corrected chi connectivity index (χ0v) is 26.9. The van der Waals surface area contributed by atoms with Gasteiger partial charge in [-0.2, -0.15) is 0 Å². The molecule has 268 valence electrons. The fraction of sp³-hybridized carbons (Fsp3) is 0.351. The highest BCUT2D eigenvalue weighted by Gasteiger charge is 2.36. The van der Waals surface area contributed by atoms with E-state index < -0.39 is 24.9 Å². The van der Waals surface area contributed by atoms with Crippen LogP contribution in [0.4, 0.5) is 26.3 Å². The van der Waals surface area contributed by atoms with E-state index in [2.05, 4.69) is 14.8 Å². The Labute approximate surface area is 286 Å². The summed E-state index contributed by atoms with van der Waals surface area (Å²) in [6.07, 6.45) is -9.65. The van der Waals surface area contributed by atoms with E-state index in [1.165, 1.54) is 48.5 Å². The first-order chi connectivity index (χ1) is 24.0. The second-order valence-corrected chi connectivity index (χ2v) is 11.6. The summed E-state index contributed by atoms with van der Waals surface area (Å²) < 4.78 is 108. The van der Waals surface area contributed by atoms with E-state index in [0.717, 1.165) is 11.1 Å². The van der Waals surface area contributed by atoms with Crippen molar-refractivity contribution < 1.29 is 54.8 Å². The van der Waals surface area contributed by atoms with Crippen molar-refractivity contribution in [3.8, 4) is 17.2 Å². The minimum Gasteiger partial charge on any atom is -0.494 e. The van der Waals surface area contributed by atoms with Crippen LogP contribution in [0.25, 0.3) is 0 Å². The molecule has 5 rings (SSSR count). The molecule has 7 nitrogen and oxygen atoms in total. The molecule has 0 amide bonds. The predicted octanol–water partition coefficient (Wildman–Crippen LogP) is 8.33. The molecular formula is C37H37F6NO6. The first-order valence-corrected chi connectivity index (χ1v) is 16.0. The molecule has 0 aliphatic carbocycles. The quantitative estimate of drug-likeness (QED) is 0.0929. The fourth-order valence-corrected chi connectivity index (χ4v) is 5.50. The van der Waals surface area contributed by atoms with Gasteiger partial charge >= 0.3 is 12.7 Å². The third-order valence-corrected chi connectivity index (χ3v) is 7.81. The molecule has 0 saturated carbocycles. The Morgan fingerprint density at radius 3 is 1.52 bits per heavy atom. The molecule has 0 spiro atoms. The van der Waals surface area contributed by atoms with Crippen molar-refractivity contribution in [2.45, 2.75) is 57.1 Å². The van der Waals surface area contributed by atoms with Gasteiger partial charge in [-0.1, -0.05) is 66.7 Å². The summed E-state index contributed by atoms with van der Waals surface area (Å²) in [6, 6.07) is 28.5. The summed E-state index contributed by atoms with van der Waals surface area (Å²) in [7, 11) is 0. The lowest BCUT2D eigenvalue weighted by Crippen LogP contribution is -2.50. The van der Waals surface area contributed by atoms with Gasteiger partial charge in [0.2, 0.25) is 0 Å². The van der Waals surface area contributed by atoms with E-state index in [9.17, 15) is 26.3 Å². The summed E-state index contributed by atoms with van der Waals surface area (Å²) in [6.45, 7) is 2.75. The standard InChI is InChI=1S/C37H37F6NO6/c38-36(39,40)49-31-13-7-27(8-14-31)24-47-33-21-44-22-34(48-25-28-9-15-32(16-10-28)50-37(41,42)43)35(33)29-11-17-30(18-12-29)46-20-4-19-45-23-26-5-2-1-3-6-26/h1-3,5-18,33-35,44H,4,19-25H2/t33-,34+,35-. The number of hydrogen-bond donors (Lipinski definition) is 1. The molecule has 4 aromatic rings. The lowest BCUT2D eigenvalue weighted by Gasteiger charge is -2.39. The second-order valence-electron chi connectivity index (χ2n) is 11.6. The lowest BCUT2D eigenvalue weighted by atomic mass is 9.85. The number of halogens is 6. The van der Waals surface area contributed by atoms with Crippen molar-refractivity contribution in [1.82, 2.24) is 5.32 Å². The van der Waals surface area contributed by atoms with Crippen LogP contribution < -0.4 is 19.5 Å². The number of piperidine rings is 1. The number of hydrogen-bond acceptors (Lipinski definition) is 7. The van der Waals surface area contributed by atoms with Crippen LogP contribution in [0.15, 0.2) is 103 Å². The maximum Gasteiger partial charge on any atom is 0.573 e. The zero-order chi connectivity index (χ0) is 35.4. The number of alkyl halides is 6. The Balaban J connectivity index is 1.21. The highest BCUT2D eigenvalue weighted by atomic mass is 19.4. The summed E-state index contributed by atoms with van der Waals surface area (Å²) in [4.78, 5) is 0. The Morgan fingerprint density at radius 2 is 1.02 bits per heavy atom. The number of ether oxygens (including phenoxy) is 6. The van der Waals surface area contributed by atoms with Crippen LogP contribution in [0.5, 0.6) is 17.2 Å². The molecule has 1 fully saturated rings. The van der Waals surface area contributed by atoms with E-state index >= 15 is 0 Å². The molecule has 1 N–H and O–H groups in total. The van der Waals surface area contributed by atoms with Gasteiger partial charge in [0, 0.05) is 25.4 Å². The molecule has 0 bridgehead atoms. The number of benzene rings is 4. The summed E-state index contributed by atoms with van der Waals surface area (Å²) in [5.41, 5.74) is 3.33. The minimum atomic E-state index is -4.79. The molecule has 3 atom stereocenters. The van der Waals surface area contributed by atoms with Crippen LogP contribution in [-0.4, -0.2) is 51.2 Å². The van der Waals surface area contributed by atoms with E-state index in [-0.39, 0.29) is 30.6 Å². The maximum absolute atomic E-state index is 12.6.